The van der Waals surface area contributed by atoms with Crippen molar-refractivity contribution in [3.63, 3.8) is 0 Å². The third-order valence-corrected chi connectivity index (χ3v) is 1.41. The molecule has 1 radical (unpaired) electrons. The molecule has 1 N–H and O–H groups in total. The molecule has 0 aliphatic rings. The van der Waals surface area contributed by atoms with E-state index in [2.05, 4.69) is 18.4 Å². The van der Waals surface area contributed by atoms with Crippen LogP contribution in [0.2, 0.25) is 0 Å². The molecule has 0 spiro atoms. The first-order chi connectivity index (χ1) is 4.85. The summed E-state index contributed by atoms with van der Waals surface area (Å²) >= 11 is 0. The molecule has 0 fully saturated rings. The first-order valence-electron chi connectivity index (χ1n) is 3.64. The molecule has 0 aliphatic carbocycles. The quantitative estimate of drug-likeness (QED) is 0.567. The Bertz CT molecular complexity index is 83.3. The molecule has 0 bridgehead atoms. The third-order valence-electron chi connectivity index (χ3n) is 1.41. The molecule has 0 amide bonds. The monoisotopic (exact) mass is 142 g/mol. The minimum Gasteiger partial charge on any atom is -0.390 e. The molecule has 0 heterocycles. The lowest BCUT2D eigenvalue weighted by atomic mass is 10.4. The van der Waals surface area contributed by atoms with Gasteiger partial charge in [-0.25, -0.2) is 0 Å². The Balaban J connectivity index is 3.29. The van der Waals surface area contributed by atoms with Gasteiger partial charge in [0, 0.05) is 13.1 Å². The zero-order valence-electron chi connectivity index (χ0n) is 6.58. The summed E-state index contributed by atoms with van der Waals surface area (Å²) < 4.78 is 0. The second kappa shape index (κ2) is 6.78. The Hall–Kier alpha value is -0.340. The van der Waals surface area contributed by atoms with Gasteiger partial charge in [-0.3, -0.25) is 4.90 Å². The SMILES string of the molecule is C=CCN(CC)CC[CH]O. The summed E-state index contributed by atoms with van der Waals surface area (Å²) in [6.45, 7) is 9.78. The van der Waals surface area contributed by atoms with Crippen molar-refractivity contribution < 1.29 is 5.11 Å². The van der Waals surface area contributed by atoms with Crippen LogP contribution < -0.4 is 0 Å². The first-order valence-corrected chi connectivity index (χ1v) is 3.64. The Labute approximate surface area is 63.2 Å². The normalized spacial score (nSPS) is 10.3. The molecule has 0 aromatic heterocycles. The van der Waals surface area contributed by atoms with Gasteiger partial charge in [-0.2, -0.15) is 0 Å². The highest BCUT2D eigenvalue weighted by Crippen LogP contribution is 1.91. The summed E-state index contributed by atoms with van der Waals surface area (Å²) in [5.41, 5.74) is 0. The van der Waals surface area contributed by atoms with Gasteiger partial charge in [0.2, 0.25) is 0 Å². The van der Waals surface area contributed by atoms with Crippen LogP contribution in [-0.4, -0.2) is 29.6 Å². The van der Waals surface area contributed by atoms with Crippen LogP contribution in [0.15, 0.2) is 12.7 Å². The molecule has 0 aromatic rings. The van der Waals surface area contributed by atoms with E-state index < -0.39 is 0 Å². The maximum absolute atomic E-state index is 8.40. The van der Waals surface area contributed by atoms with Gasteiger partial charge in [0.15, 0.2) is 0 Å². The summed E-state index contributed by atoms with van der Waals surface area (Å²) in [7, 11) is 0. The van der Waals surface area contributed by atoms with Gasteiger partial charge >= 0.3 is 0 Å². The highest BCUT2D eigenvalue weighted by molar-refractivity contribution is 4.72. The first kappa shape index (κ1) is 9.66. The number of likely N-dealkylation sites (N-methyl/N-ethyl adjacent to an activating group) is 1. The fourth-order valence-electron chi connectivity index (χ4n) is 0.801. The predicted octanol–water partition coefficient (Wildman–Crippen LogP) is 1.42. The van der Waals surface area contributed by atoms with Crippen LogP contribution in [0.1, 0.15) is 13.3 Å². The highest BCUT2D eigenvalue weighted by atomic mass is 16.3. The van der Waals surface area contributed by atoms with Gasteiger partial charge in [0.25, 0.3) is 0 Å². The van der Waals surface area contributed by atoms with E-state index in [9.17, 15) is 0 Å². The van der Waals surface area contributed by atoms with Gasteiger partial charge in [0.05, 0.1) is 6.61 Å². The van der Waals surface area contributed by atoms with Crippen LogP contribution in [0.25, 0.3) is 0 Å². The van der Waals surface area contributed by atoms with Crippen LogP contribution in [0, 0.1) is 6.61 Å². The van der Waals surface area contributed by atoms with Crippen molar-refractivity contribution >= 4 is 0 Å². The zero-order chi connectivity index (χ0) is 7.82. The van der Waals surface area contributed by atoms with Crippen molar-refractivity contribution in [3.8, 4) is 0 Å². The highest BCUT2D eigenvalue weighted by Gasteiger charge is 1.96. The van der Waals surface area contributed by atoms with Crippen molar-refractivity contribution in [1.82, 2.24) is 4.90 Å². The standard InChI is InChI=1S/C8H16NO/c1-3-6-9(4-2)7-5-8-10/h3,8,10H,1,4-7H2,2H3. The van der Waals surface area contributed by atoms with Crippen molar-refractivity contribution in [2.75, 3.05) is 19.6 Å². The summed E-state index contributed by atoms with van der Waals surface area (Å²) in [4.78, 5) is 2.21. The predicted molar refractivity (Wildman–Crippen MR) is 43.2 cm³/mol. The lowest BCUT2D eigenvalue weighted by molar-refractivity contribution is 0.288. The van der Waals surface area contributed by atoms with Gasteiger partial charge in [-0.1, -0.05) is 13.0 Å². The molecule has 0 unspecified atom stereocenters. The number of rotatable bonds is 6. The number of aliphatic hydroxyl groups excluding tert-OH is 1. The second-order valence-electron chi connectivity index (χ2n) is 2.15. The van der Waals surface area contributed by atoms with Crippen LogP contribution >= 0.6 is 0 Å². The van der Waals surface area contributed by atoms with Crippen molar-refractivity contribution in [2.45, 2.75) is 13.3 Å². The Morgan fingerprint density at radius 1 is 1.60 bits per heavy atom. The van der Waals surface area contributed by atoms with Crippen LogP contribution in [0.3, 0.4) is 0 Å². The molecule has 0 aromatic carbocycles. The molecular weight excluding hydrogens is 126 g/mol. The minimum atomic E-state index is 0.738. The molecular formula is C8H16NO. The smallest absolute Gasteiger partial charge is 0.0811 e. The van der Waals surface area contributed by atoms with E-state index in [0.717, 1.165) is 26.1 Å². The van der Waals surface area contributed by atoms with E-state index in [-0.39, 0.29) is 0 Å². The zero-order valence-corrected chi connectivity index (χ0v) is 6.58. The van der Waals surface area contributed by atoms with Crippen LogP contribution in [0.4, 0.5) is 0 Å². The maximum atomic E-state index is 8.40. The number of hydrogen-bond acceptors (Lipinski definition) is 2. The fourth-order valence-corrected chi connectivity index (χ4v) is 0.801. The Morgan fingerprint density at radius 3 is 2.70 bits per heavy atom. The van der Waals surface area contributed by atoms with E-state index in [1.807, 2.05) is 6.08 Å². The van der Waals surface area contributed by atoms with Gasteiger partial charge in [-0.05, 0) is 13.0 Å². The van der Waals surface area contributed by atoms with Gasteiger partial charge in [-0.15, -0.1) is 6.58 Å². The summed E-state index contributed by atoms with van der Waals surface area (Å²) in [5, 5.41) is 8.40. The fraction of sp³-hybridized carbons (Fsp3) is 0.625. The third kappa shape index (κ3) is 4.53. The number of nitrogens with zero attached hydrogens (tertiary/aromatic N) is 1. The molecule has 0 rings (SSSR count). The van der Waals surface area contributed by atoms with Crippen molar-refractivity contribution in [1.29, 1.82) is 0 Å². The average molecular weight is 142 g/mol. The average Bonchev–Trinajstić information content (AvgIpc) is 1.98. The van der Waals surface area contributed by atoms with E-state index in [1.54, 1.807) is 0 Å². The summed E-state index contributed by atoms with van der Waals surface area (Å²) in [6.07, 6.45) is 2.61. The minimum absolute atomic E-state index is 0.738. The largest absolute Gasteiger partial charge is 0.390 e. The Morgan fingerprint density at radius 2 is 2.30 bits per heavy atom. The molecule has 59 valence electrons. The van der Waals surface area contributed by atoms with E-state index in [1.165, 1.54) is 6.61 Å². The molecule has 0 saturated heterocycles. The molecule has 2 nitrogen and oxygen atoms in total. The second-order valence-corrected chi connectivity index (χ2v) is 2.15. The van der Waals surface area contributed by atoms with Crippen molar-refractivity contribution in [3.05, 3.63) is 19.3 Å². The van der Waals surface area contributed by atoms with Crippen molar-refractivity contribution in [2.24, 2.45) is 0 Å². The number of aliphatic hydroxyl groups is 1. The lowest BCUT2D eigenvalue weighted by Crippen LogP contribution is -2.24. The molecule has 2 heteroatoms. The molecule has 10 heavy (non-hydrogen) atoms. The van der Waals surface area contributed by atoms with E-state index in [4.69, 9.17) is 5.11 Å². The maximum Gasteiger partial charge on any atom is 0.0811 e. The van der Waals surface area contributed by atoms with E-state index >= 15 is 0 Å². The lowest BCUT2D eigenvalue weighted by Gasteiger charge is -2.16. The van der Waals surface area contributed by atoms with Crippen LogP contribution in [0.5, 0.6) is 0 Å². The number of hydrogen-bond donors (Lipinski definition) is 1. The van der Waals surface area contributed by atoms with E-state index in [0.29, 0.717) is 0 Å². The molecule has 0 saturated carbocycles. The topological polar surface area (TPSA) is 23.5 Å². The van der Waals surface area contributed by atoms with Gasteiger partial charge in [0.1, 0.15) is 0 Å². The van der Waals surface area contributed by atoms with Crippen LogP contribution in [-0.2, 0) is 0 Å². The molecule has 0 atom stereocenters. The molecule has 0 aliphatic heterocycles. The van der Waals surface area contributed by atoms with Gasteiger partial charge < -0.3 is 5.11 Å². The Kier molecular flexibility index (Phi) is 6.55. The summed E-state index contributed by atoms with van der Waals surface area (Å²) in [5.74, 6) is 0. The summed E-state index contributed by atoms with van der Waals surface area (Å²) in [6, 6.07) is 0.